The molecule has 9 heteroatoms. The number of nitrogens with one attached hydrogen (secondary N) is 3. The molecular formula is C24H28N4O5. The predicted molar refractivity (Wildman–Crippen MR) is 127 cm³/mol. The van der Waals surface area contributed by atoms with E-state index in [4.69, 9.17) is 9.47 Å². The summed E-state index contributed by atoms with van der Waals surface area (Å²) in [5, 5.41) is 8.97. The second kappa shape index (κ2) is 12.0. The van der Waals surface area contributed by atoms with Gasteiger partial charge in [-0.05, 0) is 55.7 Å². The Hall–Kier alpha value is -4.14. The Morgan fingerprint density at radius 1 is 1.03 bits per heavy atom. The van der Waals surface area contributed by atoms with Crippen LogP contribution in [0.1, 0.15) is 22.3 Å². The van der Waals surface area contributed by atoms with Gasteiger partial charge in [0, 0.05) is 12.2 Å². The average molecular weight is 453 g/mol. The quantitative estimate of drug-likeness (QED) is 0.234. The first kappa shape index (κ1) is 25.1. The molecule has 0 fully saturated rings. The molecule has 2 rings (SSSR count). The minimum Gasteiger partial charge on any atom is -0.493 e. The number of amides is 3. The number of hydrogen-bond acceptors (Lipinski definition) is 6. The molecule has 3 N–H and O–H groups in total. The molecule has 0 unspecified atom stereocenters. The van der Waals surface area contributed by atoms with Crippen molar-refractivity contribution in [1.82, 2.24) is 10.7 Å². The lowest BCUT2D eigenvalue weighted by atomic mass is 10.1. The largest absolute Gasteiger partial charge is 0.493 e. The molecule has 0 atom stereocenters. The van der Waals surface area contributed by atoms with E-state index in [1.165, 1.54) is 19.4 Å². The number of aryl methyl sites for hydroxylation is 3. The highest BCUT2D eigenvalue weighted by molar-refractivity contribution is 6.35. The lowest BCUT2D eigenvalue weighted by Gasteiger charge is -2.14. The zero-order valence-corrected chi connectivity index (χ0v) is 19.2. The van der Waals surface area contributed by atoms with Crippen LogP contribution >= 0.6 is 0 Å². The lowest BCUT2D eigenvalue weighted by Crippen LogP contribution is -2.37. The molecule has 0 heterocycles. The Kier molecular flexibility index (Phi) is 9.17. The number of rotatable bonds is 9. The predicted octanol–water partition coefficient (Wildman–Crippen LogP) is 2.39. The third kappa shape index (κ3) is 7.49. The smallest absolute Gasteiger partial charge is 0.329 e. The maximum Gasteiger partial charge on any atom is 0.329 e. The van der Waals surface area contributed by atoms with E-state index in [1.807, 2.05) is 32.9 Å². The molecule has 0 saturated carbocycles. The number of hydrogen-bond donors (Lipinski definition) is 3. The van der Waals surface area contributed by atoms with Gasteiger partial charge >= 0.3 is 11.8 Å². The van der Waals surface area contributed by atoms with Crippen molar-refractivity contribution < 1.29 is 23.9 Å². The molecular weight excluding hydrogens is 424 g/mol. The number of carbonyl (C=O) groups excluding carboxylic acids is 3. The van der Waals surface area contributed by atoms with Gasteiger partial charge in [0.05, 0.1) is 13.3 Å². The van der Waals surface area contributed by atoms with Crippen LogP contribution in [0.2, 0.25) is 0 Å². The normalized spacial score (nSPS) is 10.4. The molecule has 174 valence electrons. The van der Waals surface area contributed by atoms with Crippen molar-refractivity contribution in [1.29, 1.82) is 0 Å². The molecule has 2 aromatic rings. The van der Waals surface area contributed by atoms with E-state index in [1.54, 1.807) is 18.2 Å². The Labute approximate surface area is 192 Å². The van der Waals surface area contributed by atoms with Crippen LogP contribution in [-0.2, 0) is 14.4 Å². The van der Waals surface area contributed by atoms with Crippen molar-refractivity contribution in [3.05, 3.63) is 65.2 Å². The number of carbonyl (C=O) groups is 3. The number of ether oxygens (including phenoxy) is 2. The Morgan fingerprint density at radius 3 is 2.36 bits per heavy atom. The first-order valence-corrected chi connectivity index (χ1v) is 10.2. The molecule has 9 nitrogen and oxygen atoms in total. The van der Waals surface area contributed by atoms with Crippen molar-refractivity contribution in [3.8, 4) is 11.5 Å². The molecule has 0 bridgehead atoms. The first-order chi connectivity index (χ1) is 15.7. The molecule has 0 spiro atoms. The van der Waals surface area contributed by atoms with Crippen LogP contribution < -0.4 is 25.5 Å². The summed E-state index contributed by atoms with van der Waals surface area (Å²) in [7, 11) is 1.47. The monoisotopic (exact) mass is 452 g/mol. The summed E-state index contributed by atoms with van der Waals surface area (Å²) in [6.45, 7) is 9.31. The van der Waals surface area contributed by atoms with Gasteiger partial charge in [0.1, 0.15) is 0 Å². The molecule has 0 aliphatic carbocycles. The molecule has 0 aromatic heterocycles. The van der Waals surface area contributed by atoms with Crippen molar-refractivity contribution in [3.63, 3.8) is 0 Å². The number of nitrogens with zero attached hydrogens (tertiary/aromatic N) is 1. The van der Waals surface area contributed by atoms with E-state index in [0.717, 1.165) is 22.4 Å². The van der Waals surface area contributed by atoms with Crippen molar-refractivity contribution >= 4 is 29.6 Å². The minimum atomic E-state index is -0.898. The number of anilines is 1. The van der Waals surface area contributed by atoms with Gasteiger partial charge in [-0.1, -0.05) is 23.8 Å². The van der Waals surface area contributed by atoms with E-state index in [-0.39, 0.29) is 19.1 Å². The van der Waals surface area contributed by atoms with Crippen LogP contribution in [0.15, 0.2) is 48.1 Å². The zero-order chi connectivity index (χ0) is 24.4. The first-order valence-electron chi connectivity index (χ1n) is 10.2. The van der Waals surface area contributed by atoms with Crippen molar-refractivity contribution in [2.45, 2.75) is 20.8 Å². The van der Waals surface area contributed by atoms with E-state index in [9.17, 15) is 14.4 Å². The molecule has 0 aliphatic rings. The van der Waals surface area contributed by atoms with Gasteiger partial charge in [-0.15, -0.1) is 6.58 Å². The number of benzene rings is 2. The third-order valence-corrected chi connectivity index (χ3v) is 4.48. The Balaban J connectivity index is 1.96. The fraction of sp³-hybridized carbons (Fsp3) is 0.250. The van der Waals surface area contributed by atoms with Gasteiger partial charge in [0.15, 0.2) is 18.1 Å². The average Bonchev–Trinajstić information content (AvgIpc) is 2.78. The van der Waals surface area contributed by atoms with Crippen LogP contribution in [-0.4, -0.2) is 44.2 Å². The Morgan fingerprint density at radius 2 is 1.73 bits per heavy atom. The molecule has 0 saturated heterocycles. The van der Waals surface area contributed by atoms with Crippen LogP contribution in [0.5, 0.6) is 11.5 Å². The van der Waals surface area contributed by atoms with Gasteiger partial charge in [0.25, 0.3) is 5.91 Å². The molecule has 0 aliphatic heterocycles. The summed E-state index contributed by atoms with van der Waals surface area (Å²) in [5.74, 6) is -1.26. The van der Waals surface area contributed by atoms with E-state index >= 15 is 0 Å². The van der Waals surface area contributed by atoms with Crippen LogP contribution in [0.25, 0.3) is 0 Å². The standard InChI is InChI=1S/C24H28N4O5/c1-6-9-25-23(30)24(31)28-26-13-18-7-8-19(20(12-18)32-5)33-14-21(29)27-22-16(3)10-15(2)11-17(22)4/h6-8,10-13H,1,9,14H2,2-5H3,(H,25,30)(H,27,29)(H,28,31)/b26-13-. The molecule has 33 heavy (non-hydrogen) atoms. The fourth-order valence-corrected chi connectivity index (χ4v) is 3.04. The lowest BCUT2D eigenvalue weighted by molar-refractivity contribution is -0.139. The van der Waals surface area contributed by atoms with Gasteiger partial charge < -0.3 is 20.1 Å². The fourth-order valence-electron chi connectivity index (χ4n) is 3.04. The summed E-state index contributed by atoms with van der Waals surface area (Å²) in [6, 6.07) is 8.91. The van der Waals surface area contributed by atoms with Gasteiger partial charge in [0.2, 0.25) is 0 Å². The summed E-state index contributed by atoms with van der Waals surface area (Å²) in [5.41, 5.74) is 6.57. The highest BCUT2D eigenvalue weighted by Gasteiger charge is 2.12. The van der Waals surface area contributed by atoms with Crippen LogP contribution in [0.4, 0.5) is 5.69 Å². The summed E-state index contributed by atoms with van der Waals surface area (Å²) in [4.78, 5) is 35.5. The van der Waals surface area contributed by atoms with Crippen molar-refractivity contribution in [2.75, 3.05) is 25.6 Å². The van der Waals surface area contributed by atoms with Gasteiger partial charge in [-0.2, -0.15) is 5.10 Å². The second-order valence-corrected chi connectivity index (χ2v) is 7.22. The summed E-state index contributed by atoms with van der Waals surface area (Å²) >= 11 is 0. The third-order valence-electron chi connectivity index (χ3n) is 4.48. The molecule has 2 aromatic carbocycles. The van der Waals surface area contributed by atoms with Gasteiger partial charge in [-0.3, -0.25) is 14.4 Å². The van der Waals surface area contributed by atoms with E-state index in [0.29, 0.717) is 17.1 Å². The SMILES string of the molecule is C=CCNC(=O)C(=O)N/N=C\c1ccc(OCC(=O)Nc2c(C)cc(C)cc2C)c(OC)c1. The molecule has 3 amide bonds. The molecule has 0 radical (unpaired) electrons. The minimum absolute atomic E-state index is 0.177. The Bertz CT molecular complexity index is 1060. The summed E-state index contributed by atoms with van der Waals surface area (Å²) in [6.07, 6.45) is 2.80. The maximum absolute atomic E-state index is 12.4. The van der Waals surface area contributed by atoms with E-state index < -0.39 is 11.8 Å². The van der Waals surface area contributed by atoms with Gasteiger partial charge in [-0.25, -0.2) is 5.43 Å². The zero-order valence-electron chi connectivity index (χ0n) is 19.2. The number of methoxy groups -OCH3 is 1. The topological polar surface area (TPSA) is 118 Å². The van der Waals surface area contributed by atoms with Crippen LogP contribution in [0.3, 0.4) is 0 Å². The van der Waals surface area contributed by atoms with E-state index in [2.05, 4.69) is 27.7 Å². The highest BCUT2D eigenvalue weighted by Crippen LogP contribution is 2.28. The second-order valence-electron chi connectivity index (χ2n) is 7.22. The highest BCUT2D eigenvalue weighted by atomic mass is 16.5. The number of hydrazone groups is 1. The van der Waals surface area contributed by atoms with Crippen molar-refractivity contribution in [2.24, 2.45) is 5.10 Å². The van der Waals surface area contributed by atoms with Crippen LogP contribution in [0, 0.1) is 20.8 Å². The summed E-state index contributed by atoms with van der Waals surface area (Å²) < 4.78 is 10.9. The maximum atomic E-state index is 12.4.